The lowest BCUT2D eigenvalue weighted by Crippen LogP contribution is -2.49. The highest BCUT2D eigenvalue weighted by Crippen LogP contribution is 2.34. The van der Waals surface area contributed by atoms with Crippen LogP contribution in [0.3, 0.4) is 0 Å². The molecule has 2 aliphatic heterocycles. The molecule has 0 aromatic carbocycles. The Morgan fingerprint density at radius 2 is 2.29 bits per heavy atom. The predicted octanol–water partition coefficient (Wildman–Crippen LogP) is 2.06. The summed E-state index contributed by atoms with van der Waals surface area (Å²) < 4.78 is 0. The second-order valence-corrected chi connectivity index (χ2v) is 7.13. The van der Waals surface area contributed by atoms with Crippen LogP contribution in [0.25, 0.3) is 0 Å². The van der Waals surface area contributed by atoms with Gasteiger partial charge in [0.2, 0.25) is 0 Å². The number of hydrogen-bond acceptors (Lipinski definition) is 5. The number of piperidine rings is 1. The molecule has 1 aromatic rings. The fourth-order valence-electron chi connectivity index (χ4n) is 3.34. The molecule has 3 rings (SSSR count). The Morgan fingerprint density at radius 3 is 3.00 bits per heavy atom. The number of pyridine rings is 1. The predicted molar refractivity (Wildman–Crippen MR) is 92.5 cm³/mol. The van der Waals surface area contributed by atoms with E-state index in [4.69, 9.17) is 4.84 Å². The Bertz CT molecular complexity index is 617. The highest BCUT2D eigenvalue weighted by atomic mass is 16.7. The molecule has 1 aromatic heterocycles. The summed E-state index contributed by atoms with van der Waals surface area (Å²) in [5.41, 5.74) is 1.26. The molecule has 1 amide bonds. The van der Waals surface area contributed by atoms with Gasteiger partial charge >= 0.3 is 0 Å². The van der Waals surface area contributed by atoms with Gasteiger partial charge in [0.15, 0.2) is 5.60 Å². The maximum absolute atomic E-state index is 12.5. The van der Waals surface area contributed by atoms with Crippen LogP contribution in [0.2, 0.25) is 0 Å². The van der Waals surface area contributed by atoms with Crippen molar-refractivity contribution in [2.45, 2.75) is 51.3 Å². The van der Waals surface area contributed by atoms with Gasteiger partial charge in [0.1, 0.15) is 5.71 Å². The average Bonchev–Trinajstić information content (AvgIpc) is 2.97. The van der Waals surface area contributed by atoms with Gasteiger partial charge in [-0.2, -0.15) is 0 Å². The Hall–Kier alpha value is -1.95. The molecule has 6 nitrogen and oxygen atoms in total. The van der Waals surface area contributed by atoms with Gasteiger partial charge in [0, 0.05) is 38.8 Å². The lowest BCUT2D eigenvalue weighted by Gasteiger charge is -2.38. The van der Waals surface area contributed by atoms with Crippen molar-refractivity contribution in [3.63, 3.8) is 0 Å². The third-order valence-electron chi connectivity index (χ3n) is 4.91. The molecule has 0 radical (unpaired) electrons. The van der Waals surface area contributed by atoms with Crippen LogP contribution in [0.4, 0.5) is 0 Å². The van der Waals surface area contributed by atoms with Gasteiger partial charge in [0.25, 0.3) is 5.91 Å². The number of likely N-dealkylation sites (tertiary alicyclic amines) is 1. The molecule has 1 atom stereocenters. The Kier molecular flexibility index (Phi) is 4.85. The normalized spacial score (nSPS) is 24.1. The van der Waals surface area contributed by atoms with Gasteiger partial charge in [-0.15, -0.1) is 0 Å². The van der Waals surface area contributed by atoms with E-state index in [9.17, 15) is 4.79 Å². The van der Waals surface area contributed by atoms with Gasteiger partial charge in [-0.3, -0.25) is 14.7 Å². The van der Waals surface area contributed by atoms with E-state index in [1.54, 1.807) is 4.90 Å². The molecule has 6 heteroatoms. The van der Waals surface area contributed by atoms with E-state index in [2.05, 4.69) is 15.0 Å². The largest absolute Gasteiger partial charge is 0.387 e. The van der Waals surface area contributed by atoms with Gasteiger partial charge in [-0.25, -0.2) is 0 Å². The molecule has 0 bridgehead atoms. The maximum Gasteiger partial charge on any atom is 0.271 e. The minimum absolute atomic E-state index is 0.0243. The summed E-state index contributed by atoms with van der Waals surface area (Å²) >= 11 is 0. The smallest absolute Gasteiger partial charge is 0.271 e. The highest BCUT2D eigenvalue weighted by Gasteiger charge is 2.45. The van der Waals surface area contributed by atoms with Crippen molar-refractivity contribution in [2.75, 3.05) is 20.1 Å². The lowest BCUT2D eigenvalue weighted by atomic mass is 9.88. The zero-order chi connectivity index (χ0) is 17.2. The Morgan fingerprint density at radius 1 is 1.46 bits per heavy atom. The Labute approximate surface area is 143 Å². The summed E-state index contributed by atoms with van der Waals surface area (Å²) in [6, 6.07) is 6.14. The molecule has 0 N–H and O–H groups in total. The number of nitrogens with zero attached hydrogens (tertiary/aromatic N) is 4. The molecule has 1 spiro atoms. The van der Waals surface area contributed by atoms with E-state index in [-0.39, 0.29) is 17.6 Å². The van der Waals surface area contributed by atoms with Crippen molar-refractivity contribution < 1.29 is 9.63 Å². The van der Waals surface area contributed by atoms with Crippen LogP contribution in [0.15, 0.2) is 29.6 Å². The topological polar surface area (TPSA) is 58.0 Å². The van der Waals surface area contributed by atoms with E-state index >= 15 is 0 Å². The molecular formula is C18H26N4O2. The van der Waals surface area contributed by atoms with E-state index < -0.39 is 0 Å². The van der Waals surface area contributed by atoms with Crippen molar-refractivity contribution in [3.05, 3.63) is 30.1 Å². The summed E-state index contributed by atoms with van der Waals surface area (Å²) in [7, 11) is 1.81. The summed E-state index contributed by atoms with van der Waals surface area (Å²) in [6.45, 7) is 6.62. The first-order valence-electron chi connectivity index (χ1n) is 8.64. The minimum atomic E-state index is -0.351. The lowest BCUT2D eigenvalue weighted by molar-refractivity contribution is -0.124. The molecular weight excluding hydrogens is 304 g/mol. The average molecular weight is 330 g/mol. The monoisotopic (exact) mass is 330 g/mol. The summed E-state index contributed by atoms with van der Waals surface area (Å²) in [4.78, 5) is 26.7. The number of amides is 1. The van der Waals surface area contributed by atoms with Gasteiger partial charge < -0.3 is 9.74 Å². The van der Waals surface area contributed by atoms with Crippen molar-refractivity contribution in [3.8, 4) is 0 Å². The number of oxime groups is 1. The number of hydrogen-bond donors (Lipinski definition) is 0. The van der Waals surface area contributed by atoms with Crippen LogP contribution in [0.1, 0.15) is 38.8 Å². The number of carbonyl (C=O) groups excluding carboxylic acids is 1. The number of aromatic nitrogens is 1. The van der Waals surface area contributed by atoms with Crippen molar-refractivity contribution >= 4 is 11.6 Å². The van der Waals surface area contributed by atoms with Crippen LogP contribution in [0.5, 0.6) is 0 Å². The first-order valence-corrected chi connectivity index (χ1v) is 8.64. The fourth-order valence-corrected chi connectivity index (χ4v) is 3.34. The third kappa shape index (κ3) is 3.59. The van der Waals surface area contributed by atoms with E-state index in [0.29, 0.717) is 12.1 Å². The molecule has 3 heterocycles. The van der Waals surface area contributed by atoms with Gasteiger partial charge in [-0.05, 0) is 45.4 Å². The van der Waals surface area contributed by atoms with Crippen molar-refractivity contribution in [1.29, 1.82) is 0 Å². The summed E-state index contributed by atoms with van der Waals surface area (Å²) in [5.74, 6) is -0.0243. The van der Waals surface area contributed by atoms with Crippen LogP contribution in [-0.2, 0) is 16.2 Å². The first kappa shape index (κ1) is 16.9. The molecule has 0 unspecified atom stereocenters. The van der Waals surface area contributed by atoms with Gasteiger partial charge in [0.05, 0.1) is 5.69 Å². The van der Waals surface area contributed by atoms with E-state index in [1.807, 2.05) is 45.3 Å². The number of rotatable bonds is 4. The third-order valence-corrected chi connectivity index (χ3v) is 4.91. The Balaban J connectivity index is 1.62. The SMILES string of the molecule is CC(C)N(C)C(=O)C1=NO[C@@]2(CCCN(Cc3ccccn3)C2)C1. The van der Waals surface area contributed by atoms with Crippen LogP contribution >= 0.6 is 0 Å². The van der Waals surface area contributed by atoms with E-state index in [1.165, 1.54) is 0 Å². The first-order chi connectivity index (χ1) is 11.5. The van der Waals surface area contributed by atoms with Gasteiger partial charge in [-0.1, -0.05) is 11.2 Å². The van der Waals surface area contributed by atoms with Crippen molar-refractivity contribution in [1.82, 2.24) is 14.8 Å². The summed E-state index contributed by atoms with van der Waals surface area (Å²) in [6.07, 6.45) is 4.41. The zero-order valence-corrected chi connectivity index (χ0v) is 14.7. The van der Waals surface area contributed by atoms with Crippen LogP contribution in [-0.4, -0.2) is 58.2 Å². The van der Waals surface area contributed by atoms with Crippen molar-refractivity contribution in [2.24, 2.45) is 5.16 Å². The quantitative estimate of drug-likeness (QED) is 0.848. The molecule has 2 aliphatic rings. The van der Waals surface area contributed by atoms with E-state index in [0.717, 1.165) is 38.2 Å². The number of carbonyl (C=O) groups is 1. The summed E-state index contributed by atoms with van der Waals surface area (Å²) in [5, 5.41) is 4.14. The fraction of sp³-hybridized carbons (Fsp3) is 0.611. The standard InChI is InChI=1S/C18H26N4O2/c1-14(2)21(3)17(23)16-11-18(24-20-16)8-6-10-22(13-18)12-15-7-4-5-9-19-15/h4-5,7,9,14H,6,8,10-13H2,1-3H3/t18-/m0/s1. The highest BCUT2D eigenvalue weighted by molar-refractivity contribution is 6.39. The zero-order valence-electron chi connectivity index (χ0n) is 14.7. The molecule has 24 heavy (non-hydrogen) atoms. The maximum atomic E-state index is 12.5. The van der Waals surface area contributed by atoms with Crippen LogP contribution in [0, 0.1) is 0 Å². The molecule has 130 valence electrons. The molecule has 0 saturated carbocycles. The second kappa shape index (κ2) is 6.89. The molecule has 0 aliphatic carbocycles. The second-order valence-electron chi connectivity index (χ2n) is 7.13. The molecule has 1 fully saturated rings. The minimum Gasteiger partial charge on any atom is -0.387 e. The molecule has 1 saturated heterocycles. The van der Waals surface area contributed by atoms with Crippen LogP contribution < -0.4 is 0 Å².